The number of benzene rings is 1. The molecular weight excluding hydrogens is 324 g/mol. The Morgan fingerprint density at radius 2 is 1.46 bits per heavy atom. The Kier molecular flexibility index (Phi) is 5.30. The lowest BCUT2D eigenvalue weighted by Crippen LogP contribution is -2.19. The molecule has 0 aliphatic heterocycles. The summed E-state index contributed by atoms with van der Waals surface area (Å²) in [6.45, 7) is 0. The monoisotopic (exact) mass is 346 g/mol. The first kappa shape index (κ1) is 16.7. The van der Waals surface area contributed by atoms with Crippen LogP contribution in [0.25, 0.3) is 0 Å². The number of nitrogens with one attached hydrogen (secondary N) is 2. The lowest BCUT2D eigenvalue weighted by molar-refractivity contribution is 0.601. The molecule has 1 fully saturated rings. The maximum atomic E-state index is 12.2. The van der Waals surface area contributed by atoms with Gasteiger partial charge in [-0.2, -0.15) is 0 Å². The van der Waals surface area contributed by atoms with Gasteiger partial charge in [-0.15, -0.1) is 10.2 Å². The number of hydrogen-bond donors (Lipinski definition) is 2. The number of aromatic nitrogens is 2. The second-order valence-corrected chi connectivity index (χ2v) is 7.74. The van der Waals surface area contributed by atoms with Crippen molar-refractivity contribution in [1.82, 2.24) is 10.2 Å². The number of nitrogens with zero attached hydrogens (tertiary/aromatic N) is 2. The van der Waals surface area contributed by atoms with Crippen molar-refractivity contribution >= 4 is 21.7 Å². The minimum absolute atomic E-state index is 0.201. The number of anilines is 2. The van der Waals surface area contributed by atoms with Crippen molar-refractivity contribution in [2.45, 2.75) is 49.5 Å². The Morgan fingerprint density at radius 1 is 0.833 bits per heavy atom. The Balaban J connectivity index is 1.64. The van der Waals surface area contributed by atoms with E-state index in [9.17, 15) is 8.42 Å². The quantitative estimate of drug-likeness (QED) is 0.811. The minimum Gasteiger partial charge on any atom is -0.366 e. The van der Waals surface area contributed by atoms with Gasteiger partial charge in [0.25, 0.3) is 10.0 Å². The molecule has 1 heterocycles. The Bertz CT molecular complexity index is 740. The van der Waals surface area contributed by atoms with Crippen molar-refractivity contribution in [2.75, 3.05) is 10.0 Å². The van der Waals surface area contributed by atoms with E-state index in [4.69, 9.17) is 0 Å². The molecule has 24 heavy (non-hydrogen) atoms. The van der Waals surface area contributed by atoms with Gasteiger partial charge in [0.2, 0.25) is 0 Å². The summed E-state index contributed by atoms with van der Waals surface area (Å²) in [5, 5.41) is 11.5. The van der Waals surface area contributed by atoms with Crippen molar-refractivity contribution in [1.29, 1.82) is 0 Å². The third-order valence-corrected chi connectivity index (χ3v) is 5.53. The SMILES string of the molecule is O=S(=O)(Nc1ccc(NC2CCCCCC2)nn1)c1ccccc1. The highest BCUT2D eigenvalue weighted by Crippen LogP contribution is 2.20. The first-order valence-electron chi connectivity index (χ1n) is 8.32. The molecule has 1 saturated carbocycles. The van der Waals surface area contributed by atoms with Crippen LogP contribution in [0.1, 0.15) is 38.5 Å². The molecule has 1 aliphatic carbocycles. The van der Waals surface area contributed by atoms with Gasteiger partial charge in [-0.3, -0.25) is 4.72 Å². The molecule has 3 rings (SSSR count). The van der Waals surface area contributed by atoms with Gasteiger partial charge < -0.3 is 5.32 Å². The van der Waals surface area contributed by atoms with Crippen LogP contribution >= 0.6 is 0 Å². The minimum atomic E-state index is -3.63. The van der Waals surface area contributed by atoms with Gasteiger partial charge in [0.05, 0.1) is 4.90 Å². The van der Waals surface area contributed by atoms with Crippen molar-refractivity contribution in [3.63, 3.8) is 0 Å². The van der Waals surface area contributed by atoms with E-state index in [0.717, 1.165) is 12.8 Å². The van der Waals surface area contributed by atoms with Crippen LogP contribution in [0.2, 0.25) is 0 Å². The maximum Gasteiger partial charge on any atom is 0.263 e. The van der Waals surface area contributed by atoms with Gasteiger partial charge in [0.15, 0.2) is 5.82 Å². The summed E-state index contributed by atoms with van der Waals surface area (Å²) >= 11 is 0. The third kappa shape index (κ3) is 4.44. The van der Waals surface area contributed by atoms with Crippen LogP contribution in [0.4, 0.5) is 11.6 Å². The zero-order valence-corrected chi connectivity index (χ0v) is 14.3. The van der Waals surface area contributed by atoms with Crippen molar-refractivity contribution in [3.05, 3.63) is 42.5 Å². The van der Waals surface area contributed by atoms with E-state index >= 15 is 0 Å². The van der Waals surface area contributed by atoms with Gasteiger partial charge in [0.1, 0.15) is 5.82 Å². The first-order chi connectivity index (χ1) is 11.6. The zero-order chi connectivity index (χ0) is 16.8. The molecule has 0 saturated heterocycles. The lowest BCUT2D eigenvalue weighted by atomic mass is 10.1. The van der Waals surface area contributed by atoms with Crippen LogP contribution in [0.3, 0.4) is 0 Å². The predicted octanol–water partition coefficient (Wildman–Crippen LogP) is 3.41. The molecule has 0 unspecified atom stereocenters. The van der Waals surface area contributed by atoms with E-state index in [2.05, 4.69) is 20.2 Å². The maximum absolute atomic E-state index is 12.2. The molecule has 128 valence electrons. The summed E-state index contributed by atoms with van der Waals surface area (Å²) in [5.74, 6) is 0.898. The van der Waals surface area contributed by atoms with Gasteiger partial charge in [-0.05, 0) is 37.1 Å². The van der Waals surface area contributed by atoms with Crippen LogP contribution in [0.15, 0.2) is 47.4 Å². The fourth-order valence-corrected chi connectivity index (χ4v) is 3.91. The second kappa shape index (κ2) is 7.61. The van der Waals surface area contributed by atoms with Crippen LogP contribution in [0, 0.1) is 0 Å². The molecule has 0 atom stereocenters. The lowest BCUT2D eigenvalue weighted by Gasteiger charge is -2.16. The Morgan fingerprint density at radius 3 is 2.08 bits per heavy atom. The van der Waals surface area contributed by atoms with Crippen LogP contribution in [-0.2, 0) is 10.0 Å². The Labute approximate surface area is 142 Å². The average Bonchev–Trinajstić information content (AvgIpc) is 2.86. The highest BCUT2D eigenvalue weighted by molar-refractivity contribution is 7.92. The third-order valence-electron chi connectivity index (χ3n) is 4.16. The van der Waals surface area contributed by atoms with Crippen molar-refractivity contribution in [3.8, 4) is 0 Å². The number of sulfonamides is 1. The van der Waals surface area contributed by atoms with E-state index in [0.29, 0.717) is 11.9 Å². The van der Waals surface area contributed by atoms with Gasteiger partial charge >= 0.3 is 0 Å². The molecule has 7 heteroatoms. The summed E-state index contributed by atoms with van der Waals surface area (Å²) in [4.78, 5) is 0.201. The number of rotatable bonds is 5. The smallest absolute Gasteiger partial charge is 0.263 e. The topological polar surface area (TPSA) is 84.0 Å². The molecule has 1 aromatic heterocycles. The summed E-state index contributed by atoms with van der Waals surface area (Å²) in [5.41, 5.74) is 0. The van der Waals surface area contributed by atoms with Crippen molar-refractivity contribution < 1.29 is 8.42 Å². The Hall–Kier alpha value is -2.15. The van der Waals surface area contributed by atoms with Gasteiger partial charge in [0, 0.05) is 6.04 Å². The van der Waals surface area contributed by atoms with Crippen molar-refractivity contribution in [2.24, 2.45) is 0 Å². The fourth-order valence-electron chi connectivity index (χ4n) is 2.89. The first-order valence-corrected chi connectivity index (χ1v) is 9.80. The molecule has 6 nitrogen and oxygen atoms in total. The summed E-state index contributed by atoms with van der Waals surface area (Å²) in [7, 11) is -3.63. The molecular formula is C17H22N4O2S. The molecule has 0 radical (unpaired) electrons. The second-order valence-electron chi connectivity index (χ2n) is 6.06. The molecule has 2 aromatic rings. The zero-order valence-electron chi connectivity index (χ0n) is 13.5. The summed E-state index contributed by atoms with van der Waals surface area (Å²) in [6, 6.07) is 12.0. The summed E-state index contributed by atoms with van der Waals surface area (Å²) < 4.78 is 26.9. The van der Waals surface area contributed by atoms with E-state index < -0.39 is 10.0 Å². The highest BCUT2D eigenvalue weighted by Gasteiger charge is 2.15. The van der Waals surface area contributed by atoms with E-state index in [1.54, 1.807) is 30.3 Å². The van der Waals surface area contributed by atoms with E-state index in [1.165, 1.54) is 37.8 Å². The van der Waals surface area contributed by atoms with Crippen LogP contribution < -0.4 is 10.0 Å². The fraction of sp³-hybridized carbons (Fsp3) is 0.412. The molecule has 0 bridgehead atoms. The molecule has 0 spiro atoms. The molecule has 2 N–H and O–H groups in total. The molecule has 0 amide bonds. The molecule has 1 aliphatic rings. The average molecular weight is 346 g/mol. The van der Waals surface area contributed by atoms with Crippen LogP contribution in [0.5, 0.6) is 0 Å². The van der Waals surface area contributed by atoms with Gasteiger partial charge in [-0.1, -0.05) is 43.9 Å². The van der Waals surface area contributed by atoms with E-state index in [-0.39, 0.29) is 10.7 Å². The predicted molar refractivity (Wildman–Crippen MR) is 94.4 cm³/mol. The standard InChI is InChI=1S/C17H22N4O2S/c22-24(23,15-10-6-3-7-11-15)21-17-13-12-16(19-20-17)18-14-8-4-1-2-5-9-14/h3,6-7,10-14H,1-2,4-5,8-9H2,(H,18,19)(H,20,21). The van der Waals surface area contributed by atoms with Gasteiger partial charge in [-0.25, -0.2) is 8.42 Å². The number of hydrogen-bond acceptors (Lipinski definition) is 5. The normalized spacial score (nSPS) is 16.3. The van der Waals surface area contributed by atoms with Crippen LogP contribution in [-0.4, -0.2) is 24.7 Å². The summed E-state index contributed by atoms with van der Waals surface area (Å²) in [6.07, 6.45) is 7.35. The molecule has 1 aromatic carbocycles. The van der Waals surface area contributed by atoms with E-state index in [1.807, 2.05) is 0 Å². The largest absolute Gasteiger partial charge is 0.366 e. The highest BCUT2D eigenvalue weighted by atomic mass is 32.2.